The molecule has 2 N–H and O–H groups in total. The monoisotopic (exact) mass is 305 g/mol. The van der Waals surface area contributed by atoms with Gasteiger partial charge in [0, 0.05) is 25.6 Å². The first-order valence-corrected chi connectivity index (χ1v) is 7.16. The number of hydrogen-bond donors (Lipinski definition) is 2. The number of carbonyl (C=O) groups excluding carboxylic acids is 1. The first kappa shape index (κ1) is 14.7. The minimum atomic E-state index is -0.486. The quantitative estimate of drug-likeness (QED) is 0.759. The second-order valence-electron chi connectivity index (χ2n) is 5.39. The van der Waals surface area contributed by atoms with Crippen molar-refractivity contribution in [1.29, 1.82) is 0 Å². The number of nitrogens with one attached hydrogen (secondary N) is 1. The summed E-state index contributed by atoms with van der Waals surface area (Å²) < 4.78 is 8.76. The number of ether oxygens (including phenoxy) is 1. The molecule has 1 amide bonds. The molecule has 0 radical (unpaired) electrons. The second-order valence-corrected chi connectivity index (χ2v) is 5.39. The molecule has 3 atom stereocenters. The number of carbonyl (C=O) groups is 1. The highest BCUT2D eigenvalue weighted by Crippen LogP contribution is 2.32. The van der Waals surface area contributed by atoms with Gasteiger partial charge in [0.05, 0.1) is 30.5 Å². The molecular formula is C14H19N5O3. The van der Waals surface area contributed by atoms with Gasteiger partial charge >= 0.3 is 0 Å². The molecular weight excluding hydrogens is 286 g/mol. The van der Waals surface area contributed by atoms with Crippen LogP contribution >= 0.6 is 0 Å². The van der Waals surface area contributed by atoms with Crippen LogP contribution in [0.1, 0.15) is 18.2 Å². The van der Waals surface area contributed by atoms with Gasteiger partial charge in [0.1, 0.15) is 6.61 Å². The maximum atomic E-state index is 11.9. The van der Waals surface area contributed by atoms with Gasteiger partial charge in [-0.3, -0.25) is 14.2 Å². The Bertz CT molecular complexity index is 624. The van der Waals surface area contributed by atoms with Crippen LogP contribution in [0.25, 0.3) is 0 Å². The van der Waals surface area contributed by atoms with Crippen LogP contribution in [0.4, 0.5) is 0 Å². The van der Waals surface area contributed by atoms with Crippen molar-refractivity contribution in [2.24, 2.45) is 7.05 Å². The number of nitrogens with zero attached hydrogens (tertiary/aromatic N) is 4. The van der Waals surface area contributed by atoms with Crippen molar-refractivity contribution in [1.82, 2.24) is 24.9 Å². The van der Waals surface area contributed by atoms with E-state index in [9.17, 15) is 9.90 Å². The predicted molar refractivity (Wildman–Crippen MR) is 76.7 cm³/mol. The van der Waals surface area contributed by atoms with Crippen molar-refractivity contribution >= 4 is 5.91 Å². The molecule has 22 heavy (non-hydrogen) atoms. The van der Waals surface area contributed by atoms with E-state index in [1.54, 1.807) is 34.0 Å². The van der Waals surface area contributed by atoms with Gasteiger partial charge in [0.15, 0.2) is 0 Å². The van der Waals surface area contributed by atoms with Crippen LogP contribution in [0.15, 0.2) is 30.7 Å². The lowest BCUT2D eigenvalue weighted by Crippen LogP contribution is -2.56. The molecule has 1 saturated carbocycles. The molecule has 8 nitrogen and oxygen atoms in total. The van der Waals surface area contributed by atoms with Crippen molar-refractivity contribution in [2.75, 3.05) is 6.61 Å². The van der Waals surface area contributed by atoms with E-state index in [0.29, 0.717) is 13.0 Å². The lowest BCUT2D eigenvalue weighted by atomic mass is 9.83. The van der Waals surface area contributed by atoms with Crippen LogP contribution in [-0.2, 0) is 23.2 Å². The molecule has 2 heterocycles. The van der Waals surface area contributed by atoms with Crippen LogP contribution in [0.3, 0.4) is 0 Å². The van der Waals surface area contributed by atoms with E-state index >= 15 is 0 Å². The van der Waals surface area contributed by atoms with Gasteiger partial charge in [0.25, 0.3) is 0 Å². The topological polar surface area (TPSA) is 94.2 Å². The van der Waals surface area contributed by atoms with Crippen molar-refractivity contribution in [3.8, 4) is 0 Å². The molecule has 1 aliphatic rings. The molecule has 1 aliphatic carbocycles. The molecule has 1 fully saturated rings. The summed E-state index contributed by atoms with van der Waals surface area (Å²) in [7, 11) is 1.82. The van der Waals surface area contributed by atoms with Crippen LogP contribution in [0.2, 0.25) is 0 Å². The SMILES string of the molecule is Cn1nccc1COCC(=O)N[C@H]1C[C@@H](O)[C@@H]1n1cccn1. The Morgan fingerprint density at radius 3 is 3.00 bits per heavy atom. The van der Waals surface area contributed by atoms with Gasteiger partial charge < -0.3 is 15.2 Å². The third-order valence-corrected chi connectivity index (χ3v) is 3.88. The van der Waals surface area contributed by atoms with E-state index in [-0.39, 0.29) is 24.6 Å². The number of aryl methyl sites for hydroxylation is 1. The van der Waals surface area contributed by atoms with E-state index in [0.717, 1.165) is 5.69 Å². The fraction of sp³-hybridized carbons (Fsp3) is 0.500. The number of hydrogen-bond acceptors (Lipinski definition) is 5. The highest BCUT2D eigenvalue weighted by atomic mass is 16.5. The Morgan fingerprint density at radius 1 is 1.50 bits per heavy atom. The summed E-state index contributed by atoms with van der Waals surface area (Å²) in [4.78, 5) is 11.9. The number of aliphatic hydroxyl groups excluding tert-OH is 1. The Hall–Kier alpha value is -2.19. The smallest absolute Gasteiger partial charge is 0.246 e. The first-order chi connectivity index (χ1) is 10.6. The Balaban J connectivity index is 1.45. The largest absolute Gasteiger partial charge is 0.391 e. The first-order valence-electron chi connectivity index (χ1n) is 7.16. The summed E-state index contributed by atoms with van der Waals surface area (Å²) in [6.07, 6.45) is 5.16. The van der Waals surface area contributed by atoms with Crippen molar-refractivity contribution in [2.45, 2.75) is 31.2 Å². The molecule has 2 aromatic heterocycles. The summed E-state index contributed by atoms with van der Waals surface area (Å²) >= 11 is 0. The maximum Gasteiger partial charge on any atom is 0.246 e. The number of aliphatic hydroxyl groups is 1. The summed E-state index contributed by atoms with van der Waals surface area (Å²) in [5.41, 5.74) is 0.904. The Kier molecular flexibility index (Phi) is 4.21. The molecule has 8 heteroatoms. The summed E-state index contributed by atoms with van der Waals surface area (Å²) in [6, 6.07) is 3.30. The average molecular weight is 305 g/mol. The lowest BCUT2D eigenvalue weighted by molar-refractivity contribution is -0.129. The molecule has 0 bridgehead atoms. The van der Waals surface area contributed by atoms with Gasteiger partial charge in [-0.1, -0.05) is 0 Å². The fourth-order valence-corrected chi connectivity index (χ4v) is 2.61. The fourth-order valence-electron chi connectivity index (χ4n) is 2.61. The van der Waals surface area contributed by atoms with Crippen molar-refractivity contribution in [3.63, 3.8) is 0 Å². The number of rotatable bonds is 6. The molecule has 2 aromatic rings. The number of aromatic nitrogens is 4. The zero-order valence-corrected chi connectivity index (χ0v) is 12.3. The Morgan fingerprint density at radius 2 is 2.36 bits per heavy atom. The standard InChI is InChI=1S/C14H19N5O3/c1-18-10(3-5-15-18)8-22-9-13(21)17-11-7-12(20)14(11)19-6-2-4-16-19/h2-6,11-12,14,20H,7-9H2,1H3,(H,17,21)/t11-,12+,14+/m0/s1. The van der Waals surface area contributed by atoms with Crippen molar-refractivity contribution in [3.05, 3.63) is 36.4 Å². The van der Waals surface area contributed by atoms with Gasteiger partial charge in [0.2, 0.25) is 5.91 Å². The average Bonchev–Trinajstić information content (AvgIpc) is 3.11. The van der Waals surface area contributed by atoms with E-state index in [1.807, 2.05) is 13.1 Å². The summed E-state index contributed by atoms with van der Waals surface area (Å²) in [6.45, 7) is 0.309. The molecule has 118 valence electrons. The molecule has 0 unspecified atom stereocenters. The summed E-state index contributed by atoms with van der Waals surface area (Å²) in [5, 5.41) is 20.9. The zero-order chi connectivity index (χ0) is 15.5. The minimum absolute atomic E-state index is 0.0242. The Labute approximate surface area is 127 Å². The molecule has 0 aromatic carbocycles. The maximum absolute atomic E-state index is 11.9. The van der Waals surface area contributed by atoms with E-state index in [1.165, 1.54) is 0 Å². The van der Waals surface area contributed by atoms with Crippen LogP contribution < -0.4 is 5.32 Å². The van der Waals surface area contributed by atoms with Crippen LogP contribution in [-0.4, -0.2) is 49.3 Å². The second kappa shape index (κ2) is 6.29. The van der Waals surface area contributed by atoms with Crippen LogP contribution in [0.5, 0.6) is 0 Å². The zero-order valence-electron chi connectivity index (χ0n) is 12.3. The van der Waals surface area contributed by atoms with E-state index in [4.69, 9.17) is 4.74 Å². The van der Waals surface area contributed by atoms with Crippen molar-refractivity contribution < 1.29 is 14.6 Å². The summed E-state index contributed by atoms with van der Waals surface area (Å²) in [5.74, 6) is -0.198. The highest BCUT2D eigenvalue weighted by Gasteiger charge is 2.42. The molecule has 0 aliphatic heterocycles. The van der Waals surface area contributed by atoms with Gasteiger partial charge in [-0.05, 0) is 18.6 Å². The minimum Gasteiger partial charge on any atom is -0.391 e. The normalized spacial score (nSPS) is 24.0. The molecule has 3 rings (SSSR count). The van der Waals surface area contributed by atoms with Gasteiger partial charge in [-0.2, -0.15) is 10.2 Å². The molecule has 0 spiro atoms. The number of amides is 1. The lowest BCUT2D eigenvalue weighted by Gasteiger charge is -2.41. The van der Waals surface area contributed by atoms with Gasteiger partial charge in [-0.15, -0.1) is 0 Å². The third-order valence-electron chi connectivity index (χ3n) is 3.88. The third kappa shape index (κ3) is 3.02. The van der Waals surface area contributed by atoms with E-state index in [2.05, 4.69) is 15.5 Å². The predicted octanol–water partition coefficient (Wildman–Crippen LogP) is -0.376. The van der Waals surface area contributed by atoms with Crippen LogP contribution in [0, 0.1) is 0 Å². The molecule has 0 saturated heterocycles. The van der Waals surface area contributed by atoms with Gasteiger partial charge in [-0.25, -0.2) is 0 Å². The van der Waals surface area contributed by atoms with E-state index < -0.39 is 6.10 Å². The highest BCUT2D eigenvalue weighted by molar-refractivity contribution is 5.77.